The number of hydrogen-bond acceptors (Lipinski definition) is 5. The Balaban J connectivity index is 1.63. The molecule has 0 aromatic heterocycles. The summed E-state index contributed by atoms with van der Waals surface area (Å²) in [5.74, 6) is -1.15. The summed E-state index contributed by atoms with van der Waals surface area (Å²) in [6, 6.07) is 16.1. The molecular weight excluding hydrogens is 408 g/mol. The molecule has 0 heterocycles. The lowest BCUT2D eigenvalue weighted by Gasteiger charge is -2.30. The summed E-state index contributed by atoms with van der Waals surface area (Å²) in [5.41, 5.74) is 1.96. The van der Waals surface area contributed by atoms with Gasteiger partial charge in [0, 0.05) is 5.92 Å². The van der Waals surface area contributed by atoms with Crippen molar-refractivity contribution in [2.75, 3.05) is 13.2 Å². The molecule has 0 saturated carbocycles. The van der Waals surface area contributed by atoms with Gasteiger partial charge in [0.2, 0.25) is 5.91 Å². The maximum absolute atomic E-state index is 12.7. The van der Waals surface area contributed by atoms with Crippen LogP contribution in [0.25, 0.3) is 11.1 Å². The summed E-state index contributed by atoms with van der Waals surface area (Å²) in [5, 5.41) is 5.22. The van der Waals surface area contributed by atoms with Crippen molar-refractivity contribution in [3.8, 4) is 11.1 Å². The van der Waals surface area contributed by atoms with Crippen LogP contribution in [0.2, 0.25) is 0 Å². The predicted octanol–water partition coefficient (Wildman–Crippen LogP) is 3.76. The van der Waals surface area contributed by atoms with Crippen molar-refractivity contribution >= 4 is 18.0 Å². The van der Waals surface area contributed by atoms with Gasteiger partial charge in [-0.05, 0) is 56.9 Å². The number of carbonyl (C=O) groups excluding carboxylic acids is 3. The lowest BCUT2D eigenvalue weighted by Crippen LogP contribution is -2.61. The maximum atomic E-state index is 12.7. The maximum Gasteiger partial charge on any atom is 0.408 e. The molecule has 0 aliphatic heterocycles. The van der Waals surface area contributed by atoms with Crippen LogP contribution in [0.4, 0.5) is 4.79 Å². The second kappa shape index (κ2) is 9.02. The Hall–Kier alpha value is -3.35. The number of esters is 1. The smallest absolute Gasteiger partial charge is 0.408 e. The van der Waals surface area contributed by atoms with Gasteiger partial charge in [-0.25, -0.2) is 9.59 Å². The molecule has 7 nitrogen and oxygen atoms in total. The van der Waals surface area contributed by atoms with Gasteiger partial charge in [-0.1, -0.05) is 48.5 Å². The van der Waals surface area contributed by atoms with E-state index < -0.39 is 29.0 Å². The van der Waals surface area contributed by atoms with Crippen LogP contribution in [0.5, 0.6) is 0 Å². The summed E-state index contributed by atoms with van der Waals surface area (Å²) in [7, 11) is 0. The quantitative estimate of drug-likeness (QED) is 0.642. The van der Waals surface area contributed by atoms with E-state index in [1.54, 1.807) is 34.6 Å². The summed E-state index contributed by atoms with van der Waals surface area (Å²) < 4.78 is 10.5. The highest BCUT2D eigenvalue weighted by atomic mass is 16.5. The molecule has 32 heavy (non-hydrogen) atoms. The zero-order valence-corrected chi connectivity index (χ0v) is 19.2. The summed E-state index contributed by atoms with van der Waals surface area (Å²) in [6.07, 6.45) is -0.707. The van der Waals surface area contributed by atoms with Crippen LogP contribution < -0.4 is 10.6 Å². The van der Waals surface area contributed by atoms with Crippen LogP contribution in [0, 0.1) is 0 Å². The van der Waals surface area contributed by atoms with E-state index in [1.807, 2.05) is 36.4 Å². The SMILES string of the molecule is CCOC(=O)C(C)(C)NC(=O)C(C)(C)NC(=O)OCC1c2ccccc2-c2ccccc21. The van der Waals surface area contributed by atoms with Crippen LogP contribution >= 0.6 is 0 Å². The van der Waals surface area contributed by atoms with Crippen molar-refractivity contribution in [2.24, 2.45) is 0 Å². The zero-order valence-electron chi connectivity index (χ0n) is 19.2. The van der Waals surface area contributed by atoms with Gasteiger partial charge in [0.25, 0.3) is 0 Å². The van der Waals surface area contributed by atoms with E-state index >= 15 is 0 Å². The molecule has 0 bridgehead atoms. The molecule has 0 fully saturated rings. The third kappa shape index (κ3) is 4.77. The van der Waals surface area contributed by atoms with Gasteiger partial charge < -0.3 is 20.1 Å². The van der Waals surface area contributed by atoms with E-state index in [0.717, 1.165) is 22.3 Å². The molecule has 2 amide bonds. The van der Waals surface area contributed by atoms with Gasteiger partial charge in [0.1, 0.15) is 17.7 Å². The molecule has 0 atom stereocenters. The second-order valence-corrected chi connectivity index (χ2v) is 8.88. The monoisotopic (exact) mass is 438 g/mol. The van der Waals surface area contributed by atoms with Crippen molar-refractivity contribution in [1.82, 2.24) is 10.6 Å². The van der Waals surface area contributed by atoms with Crippen LogP contribution in [-0.2, 0) is 19.1 Å². The molecule has 7 heteroatoms. The molecule has 1 aliphatic rings. The predicted molar refractivity (Wildman–Crippen MR) is 121 cm³/mol. The number of hydrogen-bond donors (Lipinski definition) is 2. The van der Waals surface area contributed by atoms with Gasteiger partial charge in [0.05, 0.1) is 6.61 Å². The Morgan fingerprint density at radius 3 is 1.88 bits per heavy atom. The lowest BCUT2D eigenvalue weighted by atomic mass is 9.98. The molecule has 170 valence electrons. The number of nitrogens with one attached hydrogen (secondary N) is 2. The molecule has 0 unspecified atom stereocenters. The number of ether oxygens (including phenoxy) is 2. The highest BCUT2D eigenvalue weighted by molar-refractivity contribution is 5.93. The first-order valence-electron chi connectivity index (χ1n) is 10.7. The van der Waals surface area contributed by atoms with E-state index in [1.165, 1.54) is 0 Å². The topological polar surface area (TPSA) is 93.7 Å². The first-order valence-corrected chi connectivity index (χ1v) is 10.7. The first kappa shape index (κ1) is 23.3. The van der Waals surface area contributed by atoms with Crippen LogP contribution in [-0.4, -0.2) is 42.3 Å². The minimum Gasteiger partial charge on any atom is -0.464 e. The van der Waals surface area contributed by atoms with E-state index in [9.17, 15) is 14.4 Å². The van der Waals surface area contributed by atoms with E-state index in [-0.39, 0.29) is 19.1 Å². The Bertz CT molecular complexity index is 983. The largest absolute Gasteiger partial charge is 0.464 e. The molecule has 2 aromatic carbocycles. The molecule has 2 aromatic rings. The Labute approximate surface area is 188 Å². The van der Waals surface area contributed by atoms with Crippen molar-refractivity contribution in [1.29, 1.82) is 0 Å². The molecule has 0 saturated heterocycles. The molecule has 0 spiro atoms. The third-order valence-corrected chi connectivity index (χ3v) is 5.54. The van der Waals surface area contributed by atoms with Crippen LogP contribution in [0.3, 0.4) is 0 Å². The molecule has 0 radical (unpaired) electrons. The number of amides is 2. The van der Waals surface area contributed by atoms with Gasteiger partial charge in [-0.3, -0.25) is 4.79 Å². The van der Waals surface area contributed by atoms with E-state index in [4.69, 9.17) is 9.47 Å². The first-order chi connectivity index (χ1) is 15.1. The average Bonchev–Trinajstić information content (AvgIpc) is 3.05. The normalized spacial score (nSPS) is 13.0. The highest BCUT2D eigenvalue weighted by Crippen LogP contribution is 2.44. The zero-order chi connectivity index (χ0) is 23.5. The van der Waals surface area contributed by atoms with E-state index in [0.29, 0.717) is 0 Å². The fraction of sp³-hybridized carbons (Fsp3) is 0.400. The Kier molecular flexibility index (Phi) is 6.57. The number of benzene rings is 2. The van der Waals surface area contributed by atoms with Crippen LogP contribution in [0.1, 0.15) is 51.7 Å². The van der Waals surface area contributed by atoms with Crippen molar-refractivity contribution in [3.63, 3.8) is 0 Å². The molecule has 3 rings (SSSR count). The number of fused-ring (bicyclic) bond motifs is 3. The number of carbonyl (C=O) groups is 3. The van der Waals surface area contributed by atoms with E-state index in [2.05, 4.69) is 22.8 Å². The molecule has 2 N–H and O–H groups in total. The molecular formula is C25H30N2O5. The Morgan fingerprint density at radius 1 is 0.812 bits per heavy atom. The summed E-state index contributed by atoms with van der Waals surface area (Å²) in [4.78, 5) is 37.3. The molecule has 1 aliphatic carbocycles. The van der Waals surface area contributed by atoms with Crippen LogP contribution in [0.15, 0.2) is 48.5 Å². The van der Waals surface area contributed by atoms with Gasteiger partial charge in [0.15, 0.2) is 0 Å². The summed E-state index contributed by atoms with van der Waals surface area (Å²) in [6.45, 7) is 8.23. The number of rotatable bonds is 7. The average molecular weight is 439 g/mol. The highest BCUT2D eigenvalue weighted by Gasteiger charge is 2.38. The Morgan fingerprint density at radius 2 is 1.34 bits per heavy atom. The van der Waals surface area contributed by atoms with Crippen molar-refractivity contribution in [2.45, 2.75) is 51.6 Å². The van der Waals surface area contributed by atoms with Crippen molar-refractivity contribution < 1.29 is 23.9 Å². The number of alkyl carbamates (subject to hydrolysis) is 1. The summed E-state index contributed by atoms with van der Waals surface area (Å²) >= 11 is 0. The minimum absolute atomic E-state index is 0.0761. The third-order valence-electron chi connectivity index (χ3n) is 5.54. The fourth-order valence-electron chi connectivity index (χ4n) is 3.75. The lowest BCUT2D eigenvalue weighted by molar-refractivity contribution is -0.152. The van der Waals surface area contributed by atoms with Gasteiger partial charge >= 0.3 is 12.1 Å². The van der Waals surface area contributed by atoms with Gasteiger partial charge in [-0.15, -0.1) is 0 Å². The minimum atomic E-state index is -1.30. The van der Waals surface area contributed by atoms with Gasteiger partial charge in [-0.2, -0.15) is 0 Å². The standard InChI is InChI=1S/C25H30N2O5/c1-6-31-22(29)25(4,5)26-21(28)24(2,3)27-23(30)32-15-20-18-13-9-7-11-16(18)17-12-8-10-14-19(17)20/h7-14,20H,6,15H2,1-5H3,(H,26,28)(H,27,30). The second-order valence-electron chi connectivity index (χ2n) is 8.88. The van der Waals surface area contributed by atoms with Crippen molar-refractivity contribution in [3.05, 3.63) is 59.7 Å². The fourth-order valence-corrected chi connectivity index (χ4v) is 3.75.